The van der Waals surface area contributed by atoms with Crippen LogP contribution >= 0.6 is 0 Å². The number of amides is 4. The van der Waals surface area contributed by atoms with Crippen molar-refractivity contribution in [1.82, 2.24) is 10.2 Å². The molecule has 4 amide bonds. The van der Waals surface area contributed by atoms with Crippen LogP contribution in [0.5, 0.6) is 11.5 Å². The number of non-ortho nitro benzene ring substituents is 1. The van der Waals surface area contributed by atoms with E-state index in [-0.39, 0.29) is 5.69 Å². The highest BCUT2D eigenvalue weighted by atomic mass is 16.6. The number of rotatable bonds is 4. The van der Waals surface area contributed by atoms with Gasteiger partial charge in [-0.3, -0.25) is 24.6 Å². The van der Waals surface area contributed by atoms with Crippen molar-refractivity contribution in [3.05, 3.63) is 57.6 Å². The van der Waals surface area contributed by atoms with Gasteiger partial charge in [0, 0.05) is 30.8 Å². The Bertz CT molecular complexity index is 1250. The van der Waals surface area contributed by atoms with Gasteiger partial charge in [0.25, 0.3) is 11.6 Å². The van der Waals surface area contributed by atoms with E-state index < -0.39 is 34.9 Å². The minimum absolute atomic E-state index is 0.0435. The largest absolute Gasteiger partial charge is 0.490 e. The summed E-state index contributed by atoms with van der Waals surface area (Å²) in [6.07, 6.45) is 1.96. The number of anilines is 1. The summed E-state index contributed by atoms with van der Waals surface area (Å²) in [7, 11) is 0. The molecule has 5 rings (SSSR count). The molecule has 2 aromatic carbocycles. The van der Waals surface area contributed by atoms with Crippen molar-refractivity contribution in [1.29, 1.82) is 0 Å². The fourth-order valence-electron chi connectivity index (χ4n) is 4.69. The Balaban J connectivity index is 1.36. The number of imide groups is 1. The Morgan fingerprint density at radius 1 is 1.11 bits per heavy atom. The van der Waals surface area contributed by atoms with Crippen LogP contribution in [0.4, 0.5) is 16.2 Å². The van der Waals surface area contributed by atoms with E-state index in [4.69, 9.17) is 9.47 Å². The molecule has 3 heterocycles. The summed E-state index contributed by atoms with van der Waals surface area (Å²) in [5.74, 6) is 0.0805. The number of nitro benzene ring substituents is 1. The number of urea groups is 1. The number of fused-ring (bicyclic) bond motifs is 2. The van der Waals surface area contributed by atoms with Crippen molar-refractivity contribution in [2.45, 2.75) is 31.7 Å². The Kier molecular flexibility index (Phi) is 5.54. The smallest absolute Gasteiger partial charge is 0.325 e. The van der Waals surface area contributed by atoms with Crippen LogP contribution in [-0.4, -0.2) is 54.0 Å². The molecule has 11 nitrogen and oxygen atoms in total. The molecule has 0 radical (unpaired) electrons. The Labute approximate surface area is 200 Å². The number of carbonyl (C=O) groups is 3. The lowest BCUT2D eigenvalue weighted by atomic mass is 9.91. The molecule has 0 bridgehead atoms. The second-order valence-corrected chi connectivity index (χ2v) is 8.88. The van der Waals surface area contributed by atoms with Gasteiger partial charge < -0.3 is 19.7 Å². The summed E-state index contributed by atoms with van der Waals surface area (Å²) in [5, 5.41) is 13.8. The molecule has 0 aliphatic carbocycles. The van der Waals surface area contributed by atoms with Gasteiger partial charge in [0.2, 0.25) is 5.91 Å². The molecule has 0 aromatic heterocycles. The lowest BCUT2D eigenvalue weighted by molar-refractivity contribution is -0.384. The van der Waals surface area contributed by atoms with Gasteiger partial charge in [-0.25, -0.2) is 4.79 Å². The van der Waals surface area contributed by atoms with E-state index in [9.17, 15) is 24.5 Å². The van der Waals surface area contributed by atoms with Gasteiger partial charge in [-0.2, -0.15) is 0 Å². The summed E-state index contributed by atoms with van der Waals surface area (Å²) in [5.41, 5.74) is 0.351. The van der Waals surface area contributed by atoms with Crippen LogP contribution in [0.25, 0.3) is 0 Å². The quantitative estimate of drug-likeness (QED) is 0.404. The summed E-state index contributed by atoms with van der Waals surface area (Å²) < 4.78 is 11.4. The second kappa shape index (κ2) is 8.57. The molecular formula is C24H24N4O7. The normalized spacial score (nSPS) is 21.3. The Hall–Kier alpha value is -4.15. The number of nitrogens with zero attached hydrogens (tertiary/aromatic N) is 3. The van der Waals surface area contributed by atoms with E-state index in [0.29, 0.717) is 60.9 Å². The van der Waals surface area contributed by atoms with Crippen molar-refractivity contribution in [3.63, 3.8) is 0 Å². The molecule has 1 atom stereocenters. The third kappa shape index (κ3) is 3.92. The van der Waals surface area contributed by atoms with E-state index in [1.165, 1.54) is 23.1 Å². The number of nitrogens with one attached hydrogen (secondary N) is 1. The lowest BCUT2D eigenvalue weighted by Gasteiger charge is -2.30. The molecule has 1 saturated heterocycles. The Morgan fingerprint density at radius 3 is 2.66 bits per heavy atom. The molecule has 2 aromatic rings. The topological polar surface area (TPSA) is 131 Å². The minimum Gasteiger partial charge on any atom is -0.490 e. The zero-order chi connectivity index (χ0) is 24.7. The fraction of sp³-hybridized carbons (Fsp3) is 0.375. The third-order valence-corrected chi connectivity index (χ3v) is 6.59. The second-order valence-electron chi connectivity index (χ2n) is 8.88. The van der Waals surface area contributed by atoms with E-state index in [1.807, 2.05) is 0 Å². The first kappa shape index (κ1) is 22.6. The molecule has 3 aliphatic heterocycles. The number of aryl methyl sites for hydroxylation is 1. The predicted molar refractivity (Wildman–Crippen MR) is 123 cm³/mol. The van der Waals surface area contributed by atoms with Crippen molar-refractivity contribution >= 4 is 29.2 Å². The maximum atomic E-state index is 13.4. The van der Waals surface area contributed by atoms with Crippen LogP contribution in [0.1, 0.15) is 30.9 Å². The minimum atomic E-state index is -1.37. The molecule has 1 fully saturated rings. The number of hydrogen-bond donors (Lipinski definition) is 1. The van der Waals surface area contributed by atoms with Crippen LogP contribution in [0.2, 0.25) is 0 Å². The van der Waals surface area contributed by atoms with Crippen LogP contribution in [0.3, 0.4) is 0 Å². The standard InChI is InChI=1S/C24H24N4O7/c1-24(16-5-8-19-20(13-16)35-11-3-10-34-19)22(30)27(23(31)25-24)14-21(29)26-9-2-4-15-12-17(28(32)33)6-7-18(15)26/h5-8,12-13H,2-4,9-11,14H2,1H3,(H,25,31). The average molecular weight is 480 g/mol. The van der Waals surface area contributed by atoms with Gasteiger partial charge in [-0.05, 0) is 49.1 Å². The number of hydrogen-bond acceptors (Lipinski definition) is 7. The van der Waals surface area contributed by atoms with Crippen molar-refractivity contribution in [3.8, 4) is 11.5 Å². The van der Waals surface area contributed by atoms with Gasteiger partial charge in [-0.15, -0.1) is 0 Å². The van der Waals surface area contributed by atoms with Gasteiger partial charge in [0.05, 0.1) is 18.1 Å². The highest BCUT2D eigenvalue weighted by molar-refractivity contribution is 6.10. The van der Waals surface area contributed by atoms with Crippen LogP contribution < -0.4 is 19.7 Å². The van der Waals surface area contributed by atoms with Crippen molar-refractivity contribution in [2.24, 2.45) is 0 Å². The first-order valence-corrected chi connectivity index (χ1v) is 11.4. The summed E-state index contributed by atoms with van der Waals surface area (Å²) in [6, 6.07) is 8.77. The molecule has 11 heteroatoms. The molecule has 1 unspecified atom stereocenters. The molecule has 0 saturated carbocycles. The van der Waals surface area contributed by atoms with Crippen LogP contribution in [-0.2, 0) is 21.5 Å². The number of carbonyl (C=O) groups excluding carboxylic acids is 3. The van der Waals surface area contributed by atoms with Gasteiger partial charge in [0.1, 0.15) is 12.1 Å². The number of benzene rings is 2. The maximum Gasteiger partial charge on any atom is 0.325 e. The van der Waals surface area contributed by atoms with Gasteiger partial charge in [-0.1, -0.05) is 6.07 Å². The summed E-state index contributed by atoms with van der Waals surface area (Å²) in [6.45, 7) is 2.55. The van der Waals surface area contributed by atoms with Gasteiger partial charge >= 0.3 is 6.03 Å². The van der Waals surface area contributed by atoms with E-state index in [0.717, 1.165) is 11.3 Å². The zero-order valence-electron chi connectivity index (χ0n) is 19.1. The number of ether oxygens (including phenoxy) is 2. The van der Waals surface area contributed by atoms with E-state index in [2.05, 4.69) is 5.32 Å². The van der Waals surface area contributed by atoms with Crippen LogP contribution in [0, 0.1) is 10.1 Å². The molecule has 3 aliphatic rings. The fourth-order valence-corrected chi connectivity index (χ4v) is 4.69. The molecule has 1 N–H and O–H groups in total. The lowest BCUT2D eigenvalue weighted by Crippen LogP contribution is -2.46. The summed E-state index contributed by atoms with van der Waals surface area (Å²) >= 11 is 0. The van der Waals surface area contributed by atoms with Crippen LogP contribution in [0.15, 0.2) is 36.4 Å². The van der Waals surface area contributed by atoms with E-state index >= 15 is 0 Å². The summed E-state index contributed by atoms with van der Waals surface area (Å²) in [4.78, 5) is 52.4. The monoisotopic (exact) mass is 480 g/mol. The molecule has 182 valence electrons. The highest BCUT2D eigenvalue weighted by Gasteiger charge is 2.50. The number of nitro groups is 1. The van der Waals surface area contributed by atoms with Gasteiger partial charge in [0.15, 0.2) is 11.5 Å². The third-order valence-electron chi connectivity index (χ3n) is 6.59. The average Bonchev–Trinajstić information content (AvgIpc) is 3.01. The molecule has 0 spiro atoms. The molecular weight excluding hydrogens is 456 g/mol. The van der Waals surface area contributed by atoms with E-state index in [1.54, 1.807) is 25.1 Å². The predicted octanol–water partition coefficient (Wildman–Crippen LogP) is 2.50. The SMILES string of the molecule is CC1(c2ccc3c(c2)OCCCO3)NC(=O)N(CC(=O)N2CCCc3cc([N+](=O)[O-])ccc32)C1=O. The van der Waals surface area contributed by atoms with Crippen molar-refractivity contribution < 1.29 is 28.8 Å². The first-order chi connectivity index (χ1) is 16.8. The Morgan fingerprint density at radius 2 is 1.89 bits per heavy atom. The van der Waals surface area contributed by atoms with Crippen molar-refractivity contribution in [2.75, 3.05) is 31.2 Å². The molecule has 35 heavy (non-hydrogen) atoms. The zero-order valence-corrected chi connectivity index (χ0v) is 19.1. The first-order valence-electron chi connectivity index (χ1n) is 11.4. The highest BCUT2D eigenvalue weighted by Crippen LogP contribution is 2.37. The maximum absolute atomic E-state index is 13.4.